The van der Waals surface area contributed by atoms with Crippen molar-refractivity contribution < 1.29 is 8.78 Å². The number of rotatable bonds is 4. The summed E-state index contributed by atoms with van der Waals surface area (Å²) in [7, 11) is 1.89. The molecule has 0 spiro atoms. The molecule has 0 bridgehead atoms. The Bertz CT molecular complexity index is 778. The number of halogens is 2. The summed E-state index contributed by atoms with van der Waals surface area (Å²) < 4.78 is 29.1. The van der Waals surface area contributed by atoms with Gasteiger partial charge in [-0.2, -0.15) is 0 Å². The summed E-state index contributed by atoms with van der Waals surface area (Å²) in [6.07, 6.45) is 1.99. The second kappa shape index (κ2) is 5.66. The van der Waals surface area contributed by atoms with Crippen LogP contribution in [0.15, 0.2) is 48.7 Å². The molecule has 2 nitrogen and oxygen atoms in total. The first-order valence-corrected chi connectivity index (χ1v) is 6.85. The summed E-state index contributed by atoms with van der Waals surface area (Å²) >= 11 is 0. The van der Waals surface area contributed by atoms with E-state index in [9.17, 15) is 8.78 Å². The van der Waals surface area contributed by atoms with Crippen molar-refractivity contribution in [3.05, 3.63) is 71.4 Å². The highest BCUT2D eigenvalue weighted by Crippen LogP contribution is 2.23. The Balaban J connectivity index is 2.06. The van der Waals surface area contributed by atoms with E-state index < -0.39 is 11.6 Å². The molecule has 0 fully saturated rings. The van der Waals surface area contributed by atoms with Crippen LogP contribution < -0.4 is 5.32 Å². The molecule has 0 aliphatic carbocycles. The van der Waals surface area contributed by atoms with E-state index in [0.29, 0.717) is 12.1 Å². The van der Waals surface area contributed by atoms with E-state index in [4.69, 9.17) is 0 Å². The average molecular weight is 286 g/mol. The number of para-hydroxylation sites is 1. The van der Waals surface area contributed by atoms with Crippen molar-refractivity contribution in [3.63, 3.8) is 0 Å². The van der Waals surface area contributed by atoms with Crippen LogP contribution in [-0.4, -0.2) is 11.6 Å². The standard InChI is InChI=1S/C17H16F2N2/c1-20-9-13-11-21(16-8-3-2-6-14(13)16)10-12-5-4-7-15(18)17(12)19/h2-8,11,20H,9-10H2,1H3. The molecule has 3 aromatic rings. The van der Waals surface area contributed by atoms with Gasteiger partial charge >= 0.3 is 0 Å². The molecular weight excluding hydrogens is 270 g/mol. The SMILES string of the molecule is CNCc1cn(Cc2cccc(F)c2F)c2ccccc12. The molecule has 0 aliphatic heterocycles. The van der Waals surface area contributed by atoms with Gasteiger partial charge in [0.05, 0.1) is 6.54 Å². The Morgan fingerprint density at radius 2 is 1.81 bits per heavy atom. The molecule has 108 valence electrons. The van der Waals surface area contributed by atoms with Crippen molar-refractivity contribution in [2.24, 2.45) is 0 Å². The molecule has 0 atom stereocenters. The molecule has 3 rings (SSSR count). The molecule has 0 unspecified atom stereocenters. The second-order valence-corrected chi connectivity index (χ2v) is 5.04. The van der Waals surface area contributed by atoms with Gasteiger partial charge < -0.3 is 9.88 Å². The maximum absolute atomic E-state index is 13.8. The molecule has 21 heavy (non-hydrogen) atoms. The minimum Gasteiger partial charge on any atom is -0.343 e. The maximum atomic E-state index is 13.8. The zero-order chi connectivity index (χ0) is 14.8. The Morgan fingerprint density at radius 1 is 1.00 bits per heavy atom. The van der Waals surface area contributed by atoms with Gasteiger partial charge in [0.1, 0.15) is 0 Å². The second-order valence-electron chi connectivity index (χ2n) is 5.04. The van der Waals surface area contributed by atoms with Crippen LogP contribution in [0.4, 0.5) is 8.78 Å². The van der Waals surface area contributed by atoms with Gasteiger partial charge in [-0.05, 0) is 24.7 Å². The van der Waals surface area contributed by atoms with Crippen LogP contribution in [0.1, 0.15) is 11.1 Å². The molecule has 0 saturated heterocycles. The number of hydrogen-bond acceptors (Lipinski definition) is 1. The van der Waals surface area contributed by atoms with E-state index in [1.54, 1.807) is 6.07 Å². The number of nitrogens with one attached hydrogen (secondary N) is 1. The summed E-state index contributed by atoms with van der Waals surface area (Å²) in [6, 6.07) is 12.3. The minimum absolute atomic E-state index is 0.313. The quantitative estimate of drug-likeness (QED) is 0.774. The number of benzene rings is 2. The first-order valence-electron chi connectivity index (χ1n) is 6.85. The molecule has 0 amide bonds. The normalized spacial score (nSPS) is 11.2. The van der Waals surface area contributed by atoms with Gasteiger partial charge in [-0.3, -0.25) is 0 Å². The first kappa shape index (κ1) is 13.8. The number of hydrogen-bond donors (Lipinski definition) is 1. The van der Waals surface area contributed by atoms with Crippen LogP contribution in [-0.2, 0) is 13.1 Å². The van der Waals surface area contributed by atoms with Crippen molar-refractivity contribution in [1.29, 1.82) is 0 Å². The molecule has 1 N–H and O–H groups in total. The predicted octanol–water partition coefficient (Wildman–Crippen LogP) is 3.69. The molecule has 0 aliphatic rings. The highest BCUT2D eigenvalue weighted by atomic mass is 19.2. The van der Waals surface area contributed by atoms with Gasteiger partial charge in [-0.25, -0.2) is 8.78 Å². The summed E-state index contributed by atoms with van der Waals surface area (Å²) in [4.78, 5) is 0. The van der Waals surface area contributed by atoms with Crippen molar-refractivity contribution in [2.75, 3.05) is 7.05 Å². The fourth-order valence-corrected chi connectivity index (χ4v) is 2.64. The van der Waals surface area contributed by atoms with E-state index in [1.807, 2.05) is 42.1 Å². The van der Waals surface area contributed by atoms with Crippen LogP contribution in [0.2, 0.25) is 0 Å². The zero-order valence-corrected chi connectivity index (χ0v) is 11.7. The lowest BCUT2D eigenvalue weighted by Gasteiger charge is -2.07. The van der Waals surface area contributed by atoms with Crippen LogP contribution in [0.25, 0.3) is 10.9 Å². The third kappa shape index (κ3) is 2.54. The summed E-state index contributed by atoms with van der Waals surface area (Å²) in [5.41, 5.74) is 2.52. The van der Waals surface area contributed by atoms with Crippen molar-refractivity contribution >= 4 is 10.9 Å². The number of aromatic nitrogens is 1. The third-order valence-corrected chi connectivity index (χ3v) is 3.61. The summed E-state index contributed by atoms with van der Waals surface area (Å²) in [6.45, 7) is 1.05. The van der Waals surface area contributed by atoms with E-state index in [2.05, 4.69) is 5.32 Å². The van der Waals surface area contributed by atoms with Crippen LogP contribution >= 0.6 is 0 Å². The van der Waals surface area contributed by atoms with Gasteiger partial charge in [0.2, 0.25) is 0 Å². The van der Waals surface area contributed by atoms with Gasteiger partial charge in [0.25, 0.3) is 0 Å². The van der Waals surface area contributed by atoms with Gasteiger partial charge in [-0.1, -0.05) is 30.3 Å². The maximum Gasteiger partial charge on any atom is 0.163 e. The fourth-order valence-electron chi connectivity index (χ4n) is 2.64. The van der Waals surface area contributed by atoms with Crippen LogP contribution in [0.3, 0.4) is 0 Å². The summed E-state index contributed by atoms with van der Waals surface area (Å²) in [5.74, 6) is -1.58. The van der Waals surface area contributed by atoms with Crippen LogP contribution in [0.5, 0.6) is 0 Å². The minimum atomic E-state index is -0.806. The lowest BCUT2D eigenvalue weighted by Crippen LogP contribution is -2.05. The summed E-state index contributed by atoms with van der Waals surface area (Å²) in [5, 5.41) is 4.25. The predicted molar refractivity (Wildman–Crippen MR) is 80.2 cm³/mol. The van der Waals surface area contributed by atoms with Crippen molar-refractivity contribution in [3.8, 4) is 0 Å². The molecule has 0 radical (unpaired) electrons. The number of fused-ring (bicyclic) bond motifs is 1. The van der Waals surface area contributed by atoms with Crippen molar-refractivity contribution in [2.45, 2.75) is 13.1 Å². The molecular formula is C17H16F2N2. The Kier molecular flexibility index (Phi) is 3.71. The van der Waals surface area contributed by atoms with E-state index in [1.165, 1.54) is 6.07 Å². The van der Waals surface area contributed by atoms with Crippen molar-refractivity contribution in [1.82, 2.24) is 9.88 Å². The largest absolute Gasteiger partial charge is 0.343 e. The molecule has 1 aromatic heterocycles. The molecule has 4 heteroatoms. The lowest BCUT2D eigenvalue weighted by atomic mass is 10.2. The third-order valence-electron chi connectivity index (χ3n) is 3.61. The first-order chi connectivity index (χ1) is 10.2. The molecule has 0 saturated carbocycles. The highest BCUT2D eigenvalue weighted by Gasteiger charge is 2.11. The Morgan fingerprint density at radius 3 is 2.62 bits per heavy atom. The van der Waals surface area contributed by atoms with E-state index in [0.717, 1.165) is 29.1 Å². The fraction of sp³-hybridized carbons (Fsp3) is 0.176. The topological polar surface area (TPSA) is 17.0 Å². The lowest BCUT2D eigenvalue weighted by molar-refractivity contribution is 0.496. The van der Waals surface area contributed by atoms with Crippen LogP contribution in [0, 0.1) is 11.6 Å². The Hall–Kier alpha value is -2.20. The molecule has 1 heterocycles. The monoisotopic (exact) mass is 286 g/mol. The van der Waals surface area contributed by atoms with E-state index >= 15 is 0 Å². The Labute approximate surface area is 122 Å². The average Bonchev–Trinajstić information content (AvgIpc) is 2.83. The van der Waals surface area contributed by atoms with Gasteiger partial charge in [-0.15, -0.1) is 0 Å². The van der Waals surface area contributed by atoms with E-state index in [-0.39, 0.29) is 0 Å². The number of nitrogens with zero attached hydrogens (tertiary/aromatic N) is 1. The zero-order valence-electron chi connectivity index (χ0n) is 11.7. The van der Waals surface area contributed by atoms with Gasteiger partial charge in [0, 0.05) is 29.2 Å². The van der Waals surface area contributed by atoms with Gasteiger partial charge in [0.15, 0.2) is 11.6 Å². The highest BCUT2D eigenvalue weighted by molar-refractivity contribution is 5.84. The smallest absolute Gasteiger partial charge is 0.163 e. The molecule has 2 aromatic carbocycles.